The van der Waals surface area contributed by atoms with E-state index in [0.717, 1.165) is 20.4 Å². The minimum Gasteiger partial charge on any atom is -0.259 e. The average molecular weight is 229 g/mol. The molecule has 0 aromatic carbocycles. The third kappa shape index (κ3) is 1.06. The molecule has 0 spiro atoms. The third-order valence-corrected chi connectivity index (χ3v) is 3.21. The Balaban J connectivity index is 2.93. The zero-order chi connectivity index (χ0) is 7.84. The van der Waals surface area contributed by atoms with Gasteiger partial charge < -0.3 is 0 Å². The number of hydrogen-bond acceptors (Lipinski definition) is 3. The molecule has 0 amide bonds. The van der Waals surface area contributed by atoms with Crippen LogP contribution in [0.4, 0.5) is 0 Å². The van der Waals surface area contributed by atoms with Gasteiger partial charge in [-0.15, -0.1) is 11.3 Å². The van der Waals surface area contributed by atoms with Gasteiger partial charge in [0.15, 0.2) is 0 Å². The summed E-state index contributed by atoms with van der Waals surface area (Å²) in [6.07, 6.45) is 1.85. The highest BCUT2D eigenvalue weighted by atomic mass is 79.9. The van der Waals surface area contributed by atoms with Crippen LogP contribution in [0.1, 0.15) is 5.69 Å². The standard InChI is InChI=1S/C7H5BrN2S/c1-4-6(8)7-5(2-9-4)11-3-10-7/h2-3H,1H3. The summed E-state index contributed by atoms with van der Waals surface area (Å²) in [7, 11) is 0. The van der Waals surface area contributed by atoms with Gasteiger partial charge in [0.25, 0.3) is 0 Å². The minimum absolute atomic E-state index is 0.989. The van der Waals surface area contributed by atoms with Crippen molar-refractivity contribution in [3.8, 4) is 0 Å². The van der Waals surface area contributed by atoms with Crippen LogP contribution in [0.5, 0.6) is 0 Å². The van der Waals surface area contributed by atoms with Gasteiger partial charge in [0.2, 0.25) is 0 Å². The fourth-order valence-electron chi connectivity index (χ4n) is 0.895. The highest BCUT2D eigenvalue weighted by molar-refractivity contribution is 9.10. The molecule has 56 valence electrons. The van der Waals surface area contributed by atoms with Crippen LogP contribution in [0, 0.1) is 6.92 Å². The van der Waals surface area contributed by atoms with Gasteiger partial charge in [0.05, 0.1) is 25.9 Å². The number of aromatic nitrogens is 2. The zero-order valence-electron chi connectivity index (χ0n) is 5.84. The topological polar surface area (TPSA) is 25.8 Å². The highest BCUT2D eigenvalue weighted by Gasteiger charge is 2.03. The first-order valence-electron chi connectivity index (χ1n) is 3.13. The van der Waals surface area contributed by atoms with Gasteiger partial charge >= 0.3 is 0 Å². The van der Waals surface area contributed by atoms with Crippen molar-refractivity contribution in [1.29, 1.82) is 0 Å². The van der Waals surface area contributed by atoms with Gasteiger partial charge in [-0.05, 0) is 22.9 Å². The Morgan fingerprint density at radius 1 is 1.45 bits per heavy atom. The van der Waals surface area contributed by atoms with Crippen LogP contribution in [-0.4, -0.2) is 9.97 Å². The molecular weight excluding hydrogens is 224 g/mol. The largest absolute Gasteiger partial charge is 0.259 e. The second kappa shape index (κ2) is 2.53. The summed E-state index contributed by atoms with van der Waals surface area (Å²) in [5.41, 5.74) is 3.84. The maximum absolute atomic E-state index is 4.21. The van der Waals surface area contributed by atoms with Crippen LogP contribution in [0.25, 0.3) is 10.2 Å². The first-order chi connectivity index (χ1) is 5.29. The molecule has 2 aromatic heterocycles. The van der Waals surface area contributed by atoms with Crippen LogP contribution in [-0.2, 0) is 0 Å². The quantitative estimate of drug-likeness (QED) is 0.694. The Kier molecular flexibility index (Phi) is 1.65. The molecule has 0 aliphatic heterocycles. The van der Waals surface area contributed by atoms with Crippen molar-refractivity contribution in [2.24, 2.45) is 0 Å². The minimum atomic E-state index is 0.989. The van der Waals surface area contributed by atoms with Crippen LogP contribution in [0.3, 0.4) is 0 Å². The lowest BCUT2D eigenvalue weighted by atomic mass is 10.3. The first kappa shape index (κ1) is 7.18. The van der Waals surface area contributed by atoms with Crippen molar-refractivity contribution in [3.63, 3.8) is 0 Å². The van der Waals surface area contributed by atoms with Gasteiger partial charge in [-0.1, -0.05) is 0 Å². The molecule has 2 aromatic rings. The number of rotatable bonds is 0. The Morgan fingerprint density at radius 2 is 2.27 bits per heavy atom. The van der Waals surface area contributed by atoms with E-state index in [0.29, 0.717) is 0 Å². The Bertz CT molecular complexity index is 396. The highest BCUT2D eigenvalue weighted by Crippen LogP contribution is 2.26. The van der Waals surface area contributed by atoms with Gasteiger partial charge in [-0.3, -0.25) is 4.98 Å². The Morgan fingerprint density at radius 3 is 3.09 bits per heavy atom. The van der Waals surface area contributed by atoms with E-state index in [2.05, 4.69) is 25.9 Å². The fraction of sp³-hybridized carbons (Fsp3) is 0.143. The molecule has 0 saturated heterocycles. The number of aryl methyl sites for hydroxylation is 1. The molecule has 0 bridgehead atoms. The average Bonchev–Trinajstić information content (AvgIpc) is 2.45. The molecule has 0 radical (unpaired) electrons. The maximum Gasteiger partial charge on any atom is 0.0988 e. The molecule has 0 saturated carbocycles. The van der Waals surface area contributed by atoms with Crippen molar-refractivity contribution in [2.75, 3.05) is 0 Å². The normalized spacial score (nSPS) is 10.7. The molecule has 0 N–H and O–H groups in total. The molecule has 0 aliphatic carbocycles. The summed E-state index contributed by atoms with van der Waals surface area (Å²) < 4.78 is 2.14. The van der Waals surface area contributed by atoms with E-state index in [4.69, 9.17) is 0 Å². The van der Waals surface area contributed by atoms with E-state index in [9.17, 15) is 0 Å². The smallest absolute Gasteiger partial charge is 0.0988 e. The van der Waals surface area contributed by atoms with E-state index in [1.807, 2.05) is 18.6 Å². The lowest BCUT2D eigenvalue weighted by Crippen LogP contribution is -1.82. The monoisotopic (exact) mass is 228 g/mol. The summed E-state index contributed by atoms with van der Waals surface area (Å²) in [4.78, 5) is 8.41. The second-order valence-corrected chi connectivity index (χ2v) is 3.90. The van der Waals surface area contributed by atoms with E-state index < -0.39 is 0 Å². The second-order valence-electron chi connectivity index (χ2n) is 2.22. The number of nitrogens with zero attached hydrogens (tertiary/aromatic N) is 2. The lowest BCUT2D eigenvalue weighted by molar-refractivity contribution is 1.20. The van der Waals surface area contributed by atoms with E-state index in [1.54, 1.807) is 11.3 Å². The van der Waals surface area contributed by atoms with Crippen molar-refractivity contribution in [3.05, 3.63) is 21.9 Å². The zero-order valence-corrected chi connectivity index (χ0v) is 8.24. The Hall–Kier alpha value is -0.480. The van der Waals surface area contributed by atoms with Crippen molar-refractivity contribution >= 4 is 37.5 Å². The van der Waals surface area contributed by atoms with Crippen LogP contribution < -0.4 is 0 Å². The molecule has 4 heteroatoms. The molecule has 2 nitrogen and oxygen atoms in total. The summed E-state index contributed by atoms with van der Waals surface area (Å²) in [5, 5.41) is 0. The molecule has 0 unspecified atom stereocenters. The van der Waals surface area contributed by atoms with Crippen LogP contribution >= 0.6 is 27.3 Å². The van der Waals surface area contributed by atoms with Gasteiger partial charge in [-0.25, -0.2) is 4.98 Å². The van der Waals surface area contributed by atoms with Crippen LogP contribution in [0.2, 0.25) is 0 Å². The summed E-state index contributed by atoms with van der Waals surface area (Å²) in [5.74, 6) is 0. The number of thiazole rings is 1. The molecule has 2 rings (SSSR count). The van der Waals surface area contributed by atoms with Gasteiger partial charge in [0, 0.05) is 6.20 Å². The summed E-state index contributed by atoms with van der Waals surface area (Å²) in [6.45, 7) is 1.96. The van der Waals surface area contributed by atoms with E-state index in [1.165, 1.54) is 0 Å². The summed E-state index contributed by atoms with van der Waals surface area (Å²) in [6, 6.07) is 0. The lowest BCUT2D eigenvalue weighted by Gasteiger charge is -1.95. The molecule has 0 fully saturated rings. The molecular formula is C7H5BrN2S. The molecule has 2 heterocycles. The number of pyridine rings is 1. The predicted molar refractivity (Wildman–Crippen MR) is 49.9 cm³/mol. The Labute approximate surface area is 76.4 Å². The molecule has 0 atom stereocenters. The van der Waals surface area contributed by atoms with Gasteiger partial charge in [-0.2, -0.15) is 0 Å². The fourth-order valence-corrected chi connectivity index (χ4v) is 2.10. The van der Waals surface area contributed by atoms with Crippen molar-refractivity contribution in [2.45, 2.75) is 6.92 Å². The molecule has 11 heavy (non-hydrogen) atoms. The van der Waals surface area contributed by atoms with Gasteiger partial charge in [0.1, 0.15) is 0 Å². The summed E-state index contributed by atoms with van der Waals surface area (Å²) >= 11 is 5.05. The molecule has 0 aliphatic rings. The number of hydrogen-bond donors (Lipinski definition) is 0. The first-order valence-corrected chi connectivity index (χ1v) is 4.80. The van der Waals surface area contributed by atoms with Crippen molar-refractivity contribution in [1.82, 2.24) is 9.97 Å². The van der Waals surface area contributed by atoms with Crippen LogP contribution in [0.15, 0.2) is 16.2 Å². The third-order valence-electron chi connectivity index (χ3n) is 1.50. The predicted octanol–water partition coefficient (Wildman–Crippen LogP) is 2.76. The van der Waals surface area contributed by atoms with E-state index >= 15 is 0 Å². The van der Waals surface area contributed by atoms with E-state index in [-0.39, 0.29) is 0 Å². The van der Waals surface area contributed by atoms with Crippen molar-refractivity contribution < 1.29 is 0 Å². The maximum atomic E-state index is 4.21. The SMILES string of the molecule is Cc1ncc2scnc2c1Br. The number of halogens is 1. The number of fused-ring (bicyclic) bond motifs is 1.